The maximum atomic E-state index is 11.8. The number of urea groups is 1. The molecule has 0 aliphatic rings. The molecule has 0 bridgehead atoms. The summed E-state index contributed by atoms with van der Waals surface area (Å²) in [4.78, 5) is 24.3. The zero-order chi connectivity index (χ0) is 13.6. The van der Waals surface area contributed by atoms with E-state index in [0.29, 0.717) is 12.3 Å². The van der Waals surface area contributed by atoms with Crippen LogP contribution in [0.3, 0.4) is 0 Å². The highest BCUT2D eigenvalue weighted by atomic mass is 16.4. The van der Waals surface area contributed by atoms with Crippen LogP contribution in [0.1, 0.15) is 40.5 Å². The van der Waals surface area contributed by atoms with Crippen LogP contribution in [0.4, 0.5) is 4.79 Å². The molecule has 1 unspecified atom stereocenters. The minimum Gasteiger partial charge on any atom is -0.480 e. The summed E-state index contributed by atoms with van der Waals surface area (Å²) in [5.41, 5.74) is 0. The topological polar surface area (TPSA) is 69.6 Å². The molecule has 0 radical (unpaired) electrons. The van der Waals surface area contributed by atoms with Gasteiger partial charge in [0.1, 0.15) is 6.04 Å². The fourth-order valence-corrected chi connectivity index (χ4v) is 1.43. The van der Waals surface area contributed by atoms with Gasteiger partial charge in [-0.05, 0) is 19.3 Å². The van der Waals surface area contributed by atoms with Gasteiger partial charge in [-0.15, -0.1) is 0 Å². The molecule has 0 aliphatic carbocycles. The van der Waals surface area contributed by atoms with Gasteiger partial charge in [0.25, 0.3) is 0 Å². The van der Waals surface area contributed by atoms with Crippen molar-refractivity contribution < 1.29 is 14.7 Å². The average molecular weight is 244 g/mol. The van der Waals surface area contributed by atoms with Gasteiger partial charge in [-0.25, -0.2) is 9.59 Å². The van der Waals surface area contributed by atoms with Crippen molar-refractivity contribution in [2.75, 3.05) is 7.05 Å². The van der Waals surface area contributed by atoms with Crippen LogP contribution in [-0.4, -0.2) is 41.1 Å². The monoisotopic (exact) mass is 244 g/mol. The summed E-state index contributed by atoms with van der Waals surface area (Å²) in [6.07, 6.45) is 1.17. The predicted octanol–water partition coefficient (Wildman–Crippen LogP) is 1.93. The molecule has 0 heterocycles. The molecule has 0 spiro atoms. The standard InChI is InChI=1S/C12H24N2O3/c1-6-7-10(11(15)16)13-12(17)14(5)9(4)8(2)3/h8-10H,6-7H2,1-5H3,(H,13,17)(H,15,16)/t9?,10-/m1/s1. The molecule has 5 nitrogen and oxygen atoms in total. The summed E-state index contributed by atoms with van der Waals surface area (Å²) in [6.45, 7) is 7.88. The van der Waals surface area contributed by atoms with E-state index in [0.717, 1.165) is 6.42 Å². The first kappa shape index (κ1) is 15.7. The molecule has 0 saturated heterocycles. The Morgan fingerprint density at radius 2 is 1.82 bits per heavy atom. The number of carbonyl (C=O) groups is 2. The first-order valence-corrected chi connectivity index (χ1v) is 6.07. The number of nitrogens with zero attached hydrogens (tertiary/aromatic N) is 1. The molecular formula is C12H24N2O3. The molecule has 0 aliphatic heterocycles. The number of rotatable bonds is 6. The highest BCUT2D eigenvalue weighted by molar-refractivity contribution is 5.82. The minimum atomic E-state index is -0.981. The van der Waals surface area contributed by atoms with Crippen molar-refractivity contribution >= 4 is 12.0 Å². The van der Waals surface area contributed by atoms with Gasteiger partial charge < -0.3 is 15.3 Å². The van der Waals surface area contributed by atoms with Crippen LogP contribution in [0, 0.1) is 5.92 Å². The van der Waals surface area contributed by atoms with E-state index in [1.807, 2.05) is 27.7 Å². The second kappa shape index (κ2) is 7.14. The van der Waals surface area contributed by atoms with Crippen LogP contribution >= 0.6 is 0 Å². The largest absolute Gasteiger partial charge is 0.480 e. The smallest absolute Gasteiger partial charge is 0.326 e. The van der Waals surface area contributed by atoms with Crippen LogP contribution in [0.2, 0.25) is 0 Å². The van der Waals surface area contributed by atoms with E-state index in [2.05, 4.69) is 5.32 Å². The van der Waals surface area contributed by atoms with E-state index in [-0.39, 0.29) is 12.1 Å². The van der Waals surface area contributed by atoms with Gasteiger partial charge in [0, 0.05) is 13.1 Å². The normalized spacial score (nSPS) is 14.2. The highest BCUT2D eigenvalue weighted by Gasteiger charge is 2.23. The molecule has 5 heteroatoms. The van der Waals surface area contributed by atoms with Crippen molar-refractivity contribution in [2.45, 2.75) is 52.6 Å². The van der Waals surface area contributed by atoms with Gasteiger partial charge in [0.05, 0.1) is 0 Å². The third-order valence-corrected chi connectivity index (χ3v) is 3.07. The van der Waals surface area contributed by atoms with Gasteiger partial charge in [-0.3, -0.25) is 0 Å². The van der Waals surface area contributed by atoms with E-state index >= 15 is 0 Å². The van der Waals surface area contributed by atoms with E-state index in [4.69, 9.17) is 5.11 Å². The number of hydrogen-bond acceptors (Lipinski definition) is 2. The van der Waals surface area contributed by atoms with Crippen molar-refractivity contribution in [2.24, 2.45) is 5.92 Å². The third kappa shape index (κ3) is 5.06. The second-order valence-electron chi connectivity index (χ2n) is 4.72. The molecule has 0 saturated carbocycles. The summed E-state index contributed by atoms with van der Waals surface area (Å²) in [5.74, 6) is -0.647. The SMILES string of the molecule is CCC[C@@H](NC(=O)N(C)C(C)C(C)C)C(=O)O. The molecule has 100 valence electrons. The molecule has 0 aromatic heterocycles. The highest BCUT2D eigenvalue weighted by Crippen LogP contribution is 2.08. The Labute approximate surface area is 103 Å². The van der Waals surface area contributed by atoms with Crippen molar-refractivity contribution in [1.82, 2.24) is 10.2 Å². The number of aliphatic carboxylic acids is 1. The average Bonchev–Trinajstić information content (AvgIpc) is 2.25. The molecule has 0 rings (SSSR count). The lowest BCUT2D eigenvalue weighted by Crippen LogP contribution is -2.50. The van der Waals surface area contributed by atoms with Crippen molar-refractivity contribution in [1.29, 1.82) is 0 Å². The second-order valence-corrected chi connectivity index (χ2v) is 4.72. The van der Waals surface area contributed by atoms with Crippen LogP contribution < -0.4 is 5.32 Å². The lowest BCUT2D eigenvalue weighted by Gasteiger charge is -2.29. The Morgan fingerprint density at radius 3 is 2.18 bits per heavy atom. The number of carboxylic acid groups (broad SMARTS) is 1. The third-order valence-electron chi connectivity index (χ3n) is 3.07. The summed E-state index contributed by atoms with van der Waals surface area (Å²) in [5, 5.41) is 11.5. The molecule has 17 heavy (non-hydrogen) atoms. The Balaban J connectivity index is 4.45. The predicted molar refractivity (Wildman–Crippen MR) is 66.9 cm³/mol. The number of carboxylic acids is 1. The van der Waals surface area contributed by atoms with Crippen LogP contribution in [0.15, 0.2) is 0 Å². The number of hydrogen-bond donors (Lipinski definition) is 2. The molecular weight excluding hydrogens is 220 g/mol. The summed E-state index contributed by atoms with van der Waals surface area (Å²) < 4.78 is 0. The van der Waals surface area contributed by atoms with E-state index < -0.39 is 12.0 Å². The summed E-state index contributed by atoms with van der Waals surface area (Å²) in [6, 6.07) is -1.05. The number of amides is 2. The van der Waals surface area contributed by atoms with E-state index in [1.54, 1.807) is 11.9 Å². The number of carbonyl (C=O) groups excluding carboxylic acids is 1. The van der Waals surface area contributed by atoms with Gasteiger partial charge in [0.2, 0.25) is 0 Å². The van der Waals surface area contributed by atoms with Crippen LogP contribution in [-0.2, 0) is 4.79 Å². The summed E-state index contributed by atoms with van der Waals surface area (Å²) in [7, 11) is 1.69. The Bertz CT molecular complexity index is 266. The Hall–Kier alpha value is -1.26. The first-order valence-electron chi connectivity index (χ1n) is 6.07. The van der Waals surface area contributed by atoms with Crippen molar-refractivity contribution in [3.63, 3.8) is 0 Å². The van der Waals surface area contributed by atoms with Gasteiger partial charge in [-0.1, -0.05) is 27.2 Å². The lowest BCUT2D eigenvalue weighted by molar-refractivity contribution is -0.139. The minimum absolute atomic E-state index is 0.0751. The lowest BCUT2D eigenvalue weighted by atomic mass is 10.1. The Kier molecular flexibility index (Phi) is 6.61. The van der Waals surface area contributed by atoms with Gasteiger partial charge >= 0.3 is 12.0 Å². The molecule has 0 aromatic rings. The van der Waals surface area contributed by atoms with Crippen molar-refractivity contribution in [3.05, 3.63) is 0 Å². The molecule has 0 aromatic carbocycles. The Morgan fingerprint density at radius 1 is 1.29 bits per heavy atom. The molecule has 2 N–H and O–H groups in total. The quantitative estimate of drug-likeness (QED) is 0.750. The van der Waals surface area contributed by atoms with Crippen LogP contribution in [0.5, 0.6) is 0 Å². The van der Waals surface area contributed by atoms with Gasteiger partial charge in [0.15, 0.2) is 0 Å². The fraction of sp³-hybridized carbons (Fsp3) is 0.833. The van der Waals surface area contributed by atoms with Crippen LogP contribution in [0.25, 0.3) is 0 Å². The molecule has 2 atom stereocenters. The zero-order valence-electron chi connectivity index (χ0n) is 11.4. The van der Waals surface area contributed by atoms with E-state index in [9.17, 15) is 9.59 Å². The maximum absolute atomic E-state index is 11.8. The zero-order valence-corrected chi connectivity index (χ0v) is 11.4. The number of nitrogens with one attached hydrogen (secondary N) is 1. The summed E-state index contributed by atoms with van der Waals surface area (Å²) >= 11 is 0. The van der Waals surface area contributed by atoms with Crippen molar-refractivity contribution in [3.8, 4) is 0 Å². The van der Waals surface area contributed by atoms with Gasteiger partial charge in [-0.2, -0.15) is 0 Å². The first-order chi connectivity index (χ1) is 7.81. The van der Waals surface area contributed by atoms with E-state index in [1.165, 1.54) is 0 Å². The molecule has 2 amide bonds. The maximum Gasteiger partial charge on any atom is 0.326 e. The molecule has 0 fully saturated rings. The fourth-order valence-electron chi connectivity index (χ4n) is 1.43.